The Balaban J connectivity index is 0.000000314. The lowest BCUT2D eigenvalue weighted by Gasteiger charge is -2.26. The Bertz CT molecular complexity index is 685. The van der Waals surface area contributed by atoms with Crippen molar-refractivity contribution in [2.24, 2.45) is 0 Å². The van der Waals surface area contributed by atoms with Crippen LogP contribution in [0.15, 0.2) is 24.3 Å². The third-order valence-corrected chi connectivity index (χ3v) is 4.50. The molecule has 1 aromatic carbocycles. The molecule has 1 heterocycles. The highest BCUT2D eigenvalue weighted by Crippen LogP contribution is 2.19. The first-order valence-corrected chi connectivity index (χ1v) is 9.49. The highest BCUT2D eigenvalue weighted by molar-refractivity contribution is 5.88. The number of carbonyl (C=O) groups is 3. The summed E-state index contributed by atoms with van der Waals surface area (Å²) in [6, 6.07) is 8.28. The lowest BCUT2D eigenvalue weighted by Crippen LogP contribution is -2.42. The van der Waals surface area contributed by atoms with Crippen LogP contribution in [0, 0.1) is 0 Å². The van der Waals surface area contributed by atoms with Crippen LogP contribution in [0.3, 0.4) is 0 Å². The van der Waals surface area contributed by atoms with Crippen LogP contribution in [0.2, 0.25) is 0 Å². The Kier molecular flexibility index (Phi) is 10.8. The molecule has 0 atom stereocenters. The molecule has 30 heavy (non-hydrogen) atoms. The third-order valence-electron chi connectivity index (χ3n) is 4.50. The fourth-order valence-electron chi connectivity index (χ4n) is 2.94. The molecular weight excluding hydrogens is 398 g/mol. The molecule has 0 aliphatic carbocycles. The zero-order chi connectivity index (χ0) is 22.6. The predicted octanol–water partition coefficient (Wildman–Crippen LogP) is 0.712. The molecule has 1 aliphatic rings. The number of nitrogens with zero attached hydrogens (tertiary/aromatic N) is 1. The van der Waals surface area contributed by atoms with Gasteiger partial charge in [-0.2, -0.15) is 0 Å². The second-order valence-electron chi connectivity index (χ2n) is 6.85. The van der Waals surface area contributed by atoms with Crippen LogP contribution < -0.4 is 4.74 Å². The van der Waals surface area contributed by atoms with Crippen molar-refractivity contribution in [1.29, 1.82) is 0 Å². The van der Waals surface area contributed by atoms with E-state index in [1.807, 2.05) is 12.1 Å². The van der Waals surface area contributed by atoms with Crippen molar-refractivity contribution in [3.63, 3.8) is 0 Å². The van der Waals surface area contributed by atoms with Gasteiger partial charge in [-0.1, -0.05) is 18.2 Å². The largest absolute Gasteiger partial charge is 0.496 e. The Hall–Kier alpha value is -2.69. The van der Waals surface area contributed by atoms with Crippen molar-refractivity contribution < 1.29 is 44.3 Å². The van der Waals surface area contributed by atoms with Gasteiger partial charge in [0.05, 0.1) is 33.2 Å². The van der Waals surface area contributed by atoms with Gasteiger partial charge >= 0.3 is 17.9 Å². The van der Waals surface area contributed by atoms with Crippen LogP contribution in [-0.4, -0.2) is 88.8 Å². The van der Waals surface area contributed by atoms with Crippen LogP contribution in [0.5, 0.6) is 5.75 Å². The summed E-state index contributed by atoms with van der Waals surface area (Å²) in [7, 11) is 1.74. The molecule has 10 heteroatoms. The monoisotopic (exact) mass is 427 g/mol. The maximum absolute atomic E-state index is 10.3. The van der Waals surface area contributed by atoms with Crippen LogP contribution in [-0.2, 0) is 25.5 Å². The Morgan fingerprint density at radius 1 is 1.07 bits per heavy atom. The normalized spacial score (nSPS) is 14.3. The molecule has 0 saturated carbocycles. The minimum Gasteiger partial charge on any atom is -0.496 e. The number of hydrogen-bond acceptors (Lipinski definition) is 7. The number of carboxylic acids is 3. The van der Waals surface area contributed by atoms with E-state index in [1.54, 1.807) is 7.11 Å². The minimum atomic E-state index is -2.74. The number of methoxy groups -OCH3 is 1. The zero-order valence-electron chi connectivity index (χ0n) is 17.0. The summed E-state index contributed by atoms with van der Waals surface area (Å²) in [4.78, 5) is 33.0. The van der Waals surface area contributed by atoms with Gasteiger partial charge in [0.2, 0.25) is 0 Å². The van der Waals surface area contributed by atoms with Gasteiger partial charge in [-0.05, 0) is 31.0 Å². The smallest absolute Gasteiger partial charge is 0.336 e. The first-order valence-electron chi connectivity index (χ1n) is 9.49. The number of carboxylic acid groups (broad SMARTS) is 3. The zero-order valence-corrected chi connectivity index (χ0v) is 17.0. The topological polar surface area (TPSA) is 154 Å². The molecule has 10 nitrogen and oxygen atoms in total. The summed E-state index contributed by atoms with van der Waals surface area (Å²) in [6.45, 7) is 5.07. The fourth-order valence-corrected chi connectivity index (χ4v) is 2.94. The quantitative estimate of drug-likeness (QED) is 0.420. The van der Waals surface area contributed by atoms with Gasteiger partial charge in [0, 0.05) is 13.1 Å². The van der Waals surface area contributed by atoms with Crippen molar-refractivity contribution in [3.8, 4) is 5.75 Å². The summed E-state index contributed by atoms with van der Waals surface area (Å²) in [5.41, 5.74) is -1.43. The number of para-hydroxylation sites is 1. The number of ether oxygens (including phenoxy) is 2. The van der Waals surface area contributed by atoms with Gasteiger partial charge in [-0.25, -0.2) is 4.79 Å². The van der Waals surface area contributed by atoms with Crippen LogP contribution in [0.25, 0.3) is 0 Å². The third kappa shape index (κ3) is 9.21. The van der Waals surface area contributed by atoms with Crippen molar-refractivity contribution in [3.05, 3.63) is 29.8 Å². The average molecular weight is 427 g/mol. The van der Waals surface area contributed by atoms with Gasteiger partial charge in [-0.3, -0.25) is 14.5 Å². The second kappa shape index (κ2) is 12.8. The van der Waals surface area contributed by atoms with E-state index in [0.29, 0.717) is 0 Å². The van der Waals surface area contributed by atoms with Gasteiger partial charge < -0.3 is 29.9 Å². The summed E-state index contributed by atoms with van der Waals surface area (Å²) in [5.74, 6) is -4.01. The highest BCUT2D eigenvalue weighted by Gasteiger charge is 2.40. The van der Waals surface area contributed by atoms with E-state index in [4.69, 9.17) is 29.9 Å². The molecule has 1 aromatic rings. The van der Waals surface area contributed by atoms with E-state index in [2.05, 4.69) is 17.0 Å². The van der Waals surface area contributed by atoms with E-state index in [9.17, 15) is 14.4 Å². The van der Waals surface area contributed by atoms with Gasteiger partial charge in [0.15, 0.2) is 5.60 Å². The van der Waals surface area contributed by atoms with Gasteiger partial charge in [-0.15, -0.1) is 0 Å². The number of aliphatic carboxylic acids is 3. The van der Waals surface area contributed by atoms with Crippen molar-refractivity contribution in [1.82, 2.24) is 4.90 Å². The molecule has 168 valence electrons. The highest BCUT2D eigenvalue weighted by atomic mass is 16.5. The van der Waals surface area contributed by atoms with Crippen molar-refractivity contribution >= 4 is 17.9 Å². The number of aliphatic hydroxyl groups is 1. The molecular formula is C20H29NO9. The van der Waals surface area contributed by atoms with E-state index >= 15 is 0 Å². The molecule has 1 aliphatic heterocycles. The van der Waals surface area contributed by atoms with Crippen LogP contribution in [0.4, 0.5) is 0 Å². The molecule has 0 radical (unpaired) electrons. The summed E-state index contributed by atoms with van der Waals surface area (Å²) in [5, 5.41) is 33.8. The van der Waals surface area contributed by atoms with E-state index in [-0.39, 0.29) is 0 Å². The molecule has 0 aromatic heterocycles. The molecule has 0 unspecified atom stereocenters. The Labute approximate surface area is 174 Å². The second-order valence-corrected chi connectivity index (χ2v) is 6.85. The van der Waals surface area contributed by atoms with Crippen molar-refractivity contribution in [2.75, 3.05) is 40.0 Å². The number of rotatable bonds is 10. The number of benzene rings is 1. The maximum Gasteiger partial charge on any atom is 0.336 e. The SMILES string of the molecule is COc1ccccc1CCCN1CCOCC1.O=C(O)CC(O)(CC(=O)O)C(=O)O. The van der Waals surface area contributed by atoms with Gasteiger partial charge in [0.1, 0.15) is 5.75 Å². The first-order chi connectivity index (χ1) is 14.2. The van der Waals surface area contributed by atoms with Crippen LogP contribution >= 0.6 is 0 Å². The molecule has 4 N–H and O–H groups in total. The standard InChI is InChI=1S/C14H21NO2.C6H8O7/c1-16-14-7-3-2-5-13(14)6-4-8-15-9-11-17-12-10-15;7-3(8)1-6(13,5(11)12)2-4(9)10/h2-3,5,7H,4,6,8-12H2,1H3;13H,1-2H2,(H,7,8)(H,9,10)(H,11,12). The van der Waals surface area contributed by atoms with E-state index in [1.165, 1.54) is 12.0 Å². The lowest BCUT2D eigenvalue weighted by molar-refractivity contribution is -0.170. The molecule has 1 saturated heterocycles. The molecule has 0 bridgehead atoms. The Morgan fingerprint density at radius 2 is 1.63 bits per heavy atom. The average Bonchev–Trinajstić information content (AvgIpc) is 2.68. The van der Waals surface area contributed by atoms with E-state index in [0.717, 1.165) is 45.0 Å². The Morgan fingerprint density at radius 3 is 2.13 bits per heavy atom. The molecule has 1 fully saturated rings. The maximum atomic E-state index is 10.3. The number of morpholine rings is 1. The van der Waals surface area contributed by atoms with Gasteiger partial charge in [0.25, 0.3) is 0 Å². The number of hydrogen-bond donors (Lipinski definition) is 4. The van der Waals surface area contributed by atoms with E-state index < -0.39 is 36.4 Å². The summed E-state index contributed by atoms with van der Waals surface area (Å²) in [6.07, 6.45) is -0.0228. The number of aryl methyl sites for hydroxylation is 1. The van der Waals surface area contributed by atoms with Crippen LogP contribution in [0.1, 0.15) is 24.8 Å². The minimum absolute atomic E-state index is 0.884. The van der Waals surface area contributed by atoms with Crippen molar-refractivity contribution in [2.45, 2.75) is 31.3 Å². The molecule has 0 spiro atoms. The summed E-state index contributed by atoms with van der Waals surface area (Å²) < 4.78 is 10.7. The predicted molar refractivity (Wildman–Crippen MR) is 106 cm³/mol. The lowest BCUT2D eigenvalue weighted by atomic mass is 9.96. The molecule has 0 amide bonds. The first kappa shape index (κ1) is 25.3. The fraction of sp³-hybridized carbons (Fsp3) is 0.550. The molecule has 2 rings (SSSR count). The summed E-state index contributed by atoms with van der Waals surface area (Å²) >= 11 is 0.